The van der Waals surface area contributed by atoms with Crippen LogP contribution in [0.1, 0.15) is 34.4 Å². The molecular weight excluding hydrogens is 551 g/mol. The number of aromatic nitrogens is 3. The van der Waals surface area contributed by atoms with Gasteiger partial charge in [-0.2, -0.15) is 23.3 Å². The smallest absolute Gasteiger partial charge is 0.417 e. The number of likely N-dealkylation sites (N-methyl/N-ethyl adjacent to an activating group) is 1. The predicted octanol–water partition coefficient (Wildman–Crippen LogP) is 5.88. The number of nitrogens with one attached hydrogen (secondary N) is 1. The van der Waals surface area contributed by atoms with Gasteiger partial charge in [-0.25, -0.2) is 0 Å². The minimum absolute atomic E-state index is 0.0297. The zero-order valence-corrected chi connectivity index (χ0v) is 22.6. The fourth-order valence-electron chi connectivity index (χ4n) is 4.80. The number of hydrogen-bond donors (Lipinski definition) is 3. The molecule has 2 aromatic carbocycles. The summed E-state index contributed by atoms with van der Waals surface area (Å²) in [6, 6.07) is 8.90. The zero-order chi connectivity index (χ0) is 27.7. The van der Waals surface area contributed by atoms with E-state index >= 15 is 0 Å². The number of likely N-dealkylation sites (tertiary alicyclic amines) is 1. The molecule has 39 heavy (non-hydrogen) atoms. The molecule has 3 N–H and O–H groups in total. The van der Waals surface area contributed by atoms with E-state index in [-0.39, 0.29) is 16.5 Å². The first-order chi connectivity index (χ1) is 18.6. The van der Waals surface area contributed by atoms with Crippen LogP contribution in [0.15, 0.2) is 42.6 Å². The number of H-pyrrole nitrogens is 1. The van der Waals surface area contributed by atoms with Crippen LogP contribution in [0.4, 0.5) is 18.3 Å². The normalized spacial score (nSPS) is 15.8. The van der Waals surface area contributed by atoms with Gasteiger partial charge in [-0.1, -0.05) is 35.1 Å². The van der Waals surface area contributed by atoms with Crippen molar-refractivity contribution in [2.24, 2.45) is 0 Å². The molecule has 1 aliphatic rings. The maximum atomic E-state index is 13.9. The molecule has 0 saturated carbocycles. The van der Waals surface area contributed by atoms with Crippen LogP contribution >= 0.6 is 22.9 Å². The lowest BCUT2D eigenvalue weighted by atomic mass is 9.98. The molecule has 2 aromatic heterocycles. The van der Waals surface area contributed by atoms with E-state index in [2.05, 4.69) is 20.1 Å². The van der Waals surface area contributed by atoms with E-state index < -0.39 is 17.8 Å². The third-order valence-corrected chi connectivity index (χ3v) is 8.12. The van der Waals surface area contributed by atoms with Crippen LogP contribution in [0.3, 0.4) is 0 Å². The second-order valence-corrected chi connectivity index (χ2v) is 11.1. The van der Waals surface area contributed by atoms with Gasteiger partial charge in [0.15, 0.2) is 5.13 Å². The molecule has 206 valence electrons. The number of aliphatic hydroxyl groups excluding tert-OH is 1. The van der Waals surface area contributed by atoms with E-state index in [4.69, 9.17) is 11.6 Å². The number of aliphatic hydroxyl groups is 1. The predicted molar refractivity (Wildman–Crippen MR) is 148 cm³/mol. The third kappa shape index (κ3) is 6.22. The molecule has 5 rings (SSSR count). The molecule has 4 aromatic rings. The number of alkyl halides is 3. The summed E-state index contributed by atoms with van der Waals surface area (Å²) in [4.78, 5) is 8.55. The summed E-state index contributed by atoms with van der Waals surface area (Å²) in [6.45, 7) is 2.75. The van der Waals surface area contributed by atoms with Gasteiger partial charge in [0.25, 0.3) is 0 Å². The average Bonchev–Trinajstić information content (AvgIpc) is 3.63. The van der Waals surface area contributed by atoms with Crippen molar-refractivity contribution in [1.29, 1.82) is 0 Å². The van der Waals surface area contributed by atoms with Gasteiger partial charge in [-0.15, -0.1) is 0 Å². The summed E-state index contributed by atoms with van der Waals surface area (Å²) in [5.41, 5.74) is 0.718. The Balaban J connectivity index is 1.54. The van der Waals surface area contributed by atoms with Gasteiger partial charge in [0.2, 0.25) is 5.88 Å². The number of fused-ring (bicyclic) bond motifs is 1. The quantitative estimate of drug-likeness (QED) is 0.227. The topological polar surface area (TPSA) is 88.5 Å². The van der Waals surface area contributed by atoms with E-state index in [1.54, 1.807) is 36.3 Å². The van der Waals surface area contributed by atoms with E-state index in [9.17, 15) is 23.4 Å². The first kappa shape index (κ1) is 27.4. The van der Waals surface area contributed by atoms with Crippen LogP contribution in [0, 0.1) is 0 Å². The highest BCUT2D eigenvalue weighted by Crippen LogP contribution is 2.42. The Hall–Kier alpha value is -3.12. The second-order valence-electron chi connectivity index (χ2n) is 9.65. The molecule has 0 aliphatic carbocycles. The number of aromatic hydroxyl groups is 1. The fourth-order valence-corrected chi connectivity index (χ4v) is 5.94. The van der Waals surface area contributed by atoms with E-state index in [0.29, 0.717) is 34.2 Å². The Bertz CT molecular complexity index is 1500. The number of anilines is 1. The van der Waals surface area contributed by atoms with Crippen molar-refractivity contribution in [3.8, 4) is 5.88 Å². The van der Waals surface area contributed by atoms with Gasteiger partial charge >= 0.3 is 6.18 Å². The summed E-state index contributed by atoms with van der Waals surface area (Å²) in [5.74, 6) is -0.308. The van der Waals surface area contributed by atoms with Crippen molar-refractivity contribution in [3.05, 3.63) is 69.2 Å². The molecule has 12 heteroatoms. The third-order valence-electron chi connectivity index (χ3n) is 6.69. The Kier molecular flexibility index (Phi) is 7.86. The van der Waals surface area contributed by atoms with Crippen LogP contribution in [-0.4, -0.2) is 69.6 Å². The van der Waals surface area contributed by atoms with Gasteiger partial charge in [-0.05, 0) is 67.4 Å². The number of halogens is 4. The average molecular weight is 578 g/mol. The van der Waals surface area contributed by atoms with Gasteiger partial charge in [-0.3, -0.25) is 5.10 Å². The first-order valence-corrected chi connectivity index (χ1v) is 13.6. The zero-order valence-electron chi connectivity index (χ0n) is 21.0. The number of nitrogens with zero attached hydrogens (tertiary/aromatic N) is 4. The van der Waals surface area contributed by atoms with Crippen molar-refractivity contribution in [3.63, 3.8) is 0 Å². The maximum Gasteiger partial charge on any atom is 0.417 e. The molecular formula is C27H27ClF3N5O2S. The molecule has 0 bridgehead atoms. The van der Waals surface area contributed by atoms with Gasteiger partial charge in [0.1, 0.15) is 4.88 Å². The number of aromatic amines is 1. The Labute approximate surface area is 232 Å². The second kappa shape index (κ2) is 11.2. The summed E-state index contributed by atoms with van der Waals surface area (Å²) in [7, 11) is 1.76. The van der Waals surface area contributed by atoms with Crippen LogP contribution in [-0.2, 0) is 6.18 Å². The molecule has 7 nitrogen and oxygen atoms in total. The number of benzene rings is 2. The van der Waals surface area contributed by atoms with Crippen molar-refractivity contribution in [2.45, 2.75) is 25.1 Å². The highest BCUT2D eigenvalue weighted by Gasteiger charge is 2.33. The van der Waals surface area contributed by atoms with Crippen LogP contribution in [0.25, 0.3) is 22.6 Å². The molecule has 1 atom stereocenters. The number of thiazole rings is 1. The SMILES string of the molecule is CN(CC(O)CN1CCCC1)c1nc(O)c(C(=Cc2ccc(Cl)cc2C(F)(F)F)c2ccc3[nH]ncc3c2)s1. The molecule has 3 heterocycles. The standard InChI is InChI=1S/C27H27ClF3N5O2S/c1-35(14-20(37)15-36-8-2-3-9-36)26-33-25(38)24(39-26)21(16-5-7-23-18(10-16)13-32-34-23)11-17-4-6-19(28)12-22(17)27(29,30)31/h4-7,10-13,20,37-38H,2-3,8-9,14-15H2,1H3,(H,32,34). The van der Waals surface area contributed by atoms with E-state index in [1.165, 1.54) is 18.2 Å². The number of rotatable bonds is 8. The summed E-state index contributed by atoms with van der Waals surface area (Å²) in [6.07, 6.45) is -0.00841. The first-order valence-electron chi connectivity index (χ1n) is 12.4. The van der Waals surface area contributed by atoms with Crippen molar-refractivity contribution < 1.29 is 23.4 Å². The van der Waals surface area contributed by atoms with Gasteiger partial charge in [0, 0.05) is 36.1 Å². The Morgan fingerprint density at radius 3 is 2.74 bits per heavy atom. The fraction of sp³-hybridized carbons (Fsp3) is 0.333. The molecule has 1 fully saturated rings. The minimum atomic E-state index is -4.64. The van der Waals surface area contributed by atoms with Crippen LogP contribution < -0.4 is 4.90 Å². The molecule has 1 unspecified atom stereocenters. The maximum absolute atomic E-state index is 13.9. The summed E-state index contributed by atoms with van der Waals surface area (Å²) < 4.78 is 41.7. The minimum Gasteiger partial charge on any atom is -0.492 e. The summed E-state index contributed by atoms with van der Waals surface area (Å²) >= 11 is 7.04. The molecule has 1 saturated heterocycles. The number of hydrogen-bond acceptors (Lipinski definition) is 7. The highest BCUT2D eigenvalue weighted by atomic mass is 35.5. The molecule has 1 aliphatic heterocycles. The van der Waals surface area contributed by atoms with E-state index in [1.807, 2.05) is 0 Å². The highest BCUT2D eigenvalue weighted by molar-refractivity contribution is 7.17. The Morgan fingerprint density at radius 2 is 2.00 bits per heavy atom. The molecule has 0 amide bonds. The van der Waals surface area contributed by atoms with Crippen molar-refractivity contribution in [1.82, 2.24) is 20.1 Å². The van der Waals surface area contributed by atoms with Gasteiger partial charge in [0.05, 0.1) is 23.4 Å². The van der Waals surface area contributed by atoms with Crippen LogP contribution in [0.5, 0.6) is 5.88 Å². The Morgan fingerprint density at radius 1 is 1.23 bits per heavy atom. The molecule has 0 radical (unpaired) electrons. The summed E-state index contributed by atoms with van der Waals surface area (Å²) in [5, 5.41) is 29.6. The lowest BCUT2D eigenvalue weighted by Gasteiger charge is -2.23. The van der Waals surface area contributed by atoms with Crippen molar-refractivity contribution in [2.75, 3.05) is 38.1 Å². The lowest BCUT2D eigenvalue weighted by molar-refractivity contribution is -0.137. The monoisotopic (exact) mass is 577 g/mol. The van der Waals surface area contributed by atoms with Crippen LogP contribution in [0.2, 0.25) is 5.02 Å². The lowest BCUT2D eigenvalue weighted by Crippen LogP contribution is -2.37. The number of β-amino-alcohol motifs (C(OH)–C–C–N with tert-alkyl or cyclic N) is 1. The van der Waals surface area contributed by atoms with Crippen molar-refractivity contribution >= 4 is 50.6 Å². The molecule has 0 spiro atoms. The van der Waals surface area contributed by atoms with E-state index in [0.717, 1.165) is 54.2 Å². The van der Waals surface area contributed by atoms with Gasteiger partial charge < -0.3 is 20.0 Å². The largest absolute Gasteiger partial charge is 0.492 e.